The van der Waals surface area contributed by atoms with Crippen molar-refractivity contribution in [3.8, 4) is 11.6 Å². The number of anilines is 1. The highest BCUT2D eigenvalue weighted by molar-refractivity contribution is 5.51. The molecule has 0 aliphatic carbocycles. The summed E-state index contributed by atoms with van der Waals surface area (Å²) in [5, 5.41) is 0. The van der Waals surface area contributed by atoms with Crippen LogP contribution in [-0.2, 0) is 0 Å². The summed E-state index contributed by atoms with van der Waals surface area (Å²) in [4.78, 5) is 7.01. The van der Waals surface area contributed by atoms with Crippen molar-refractivity contribution in [2.45, 2.75) is 6.18 Å². The molecule has 1 rings (SSSR count). The van der Waals surface area contributed by atoms with Gasteiger partial charge in [0, 0.05) is 0 Å². The normalized spacial score (nSPS) is 11.2. The third-order valence-corrected chi connectivity index (χ3v) is 1.38. The summed E-state index contributed by atoms with van der Waals surface area (Å²) < 4.78 is 44.6. The Morgan fingerprint density at radius 3 is 2.60 bits per heavy atom. The molecule has 0 fully saturated rings. The average molecular weight is 223 g/mol. The van der Waals surface area contributed by atoms with E-state index in [0.717, 1.165) is 6.33 Å². The second-order valence-electron chi connectivity index (χ2n) is 2.50. The fraction of sp³-hybridized carbons (Fsp3) is 0.429. The second-order valence-corrected chi connectivity index (χ2v) is 2.50. The van der Waals surface area contributed by atoms with Crippen LogP contribution < -0.4 is 15.2 Å². The van der Waals surface area contributed by atoms with Crippen molar-refractivity contribution in [2.24, 2.45) is 0 Å². The van der Waals surface area contributed by atoms with Gasteiger partial charge in [0.1, 0.15) is 6.33 Å². The Morgan fingerprint density at radius 1 is 1.40 bits per heavy atom. The fourth-order valence-corrected chi connectivity index (χ4v) is 0.815. The lowest BCUT2D eigenvalue weighted by molar-refractivity contribution is -0.154. The molecule has 0 bridgehead atoms. The summed E-state index contributed by atoms with van der Waals surface area (Å²) in [5.74, 6) is -0.520. The third-order valence-electron chi connectivity index (χ3n) is 1.38. The van der Waals surface area contributed by atoms with Crippen molar-refractivity contribution in [3.05, 3.63) is 6.33 Å². The summed E-state index contributed by atoms with van der Waals surface area (Å²) in [5.41, 5.74) is 5.33. The van der Waals surface area contributed by atoms with Crippen molar-refractivity contribution in [2.75, 3.05) is 19.5 Å². The molecule has 8 heteroatoms. The van der Waals surface area contributed by atoms with Crippen LogP contribution in [0.15, 0.2) is 6.33 Å². The first-order chi connectivity index (χ1) is 6.94. The van der Waals surface area contributed by atoms with Gasteiger partial charge in [-0.25, -0.2) is 4.98 Å². The van der Waals surface area contributed by atoms with Gasteiger partial charge < -0.3 is 15.2 Å². The molecular weight excluding hydrogens is 215 g/mol. The van der Waals surface area contributed by atoms with Crippen molar-refractivity contribution in [1.82, 2.24) is 9.97 Å². The zero-order valence-electron chi connectivity index (χ0n) is 7.71. The van der Waals surface area contributed by atoms with E-state index >= 15 is 0 Å². The van der Waals surface area contributed by atoms with E-state index in [2.05, 4.69) is 14.7 Å². The Hall–Kier alpha value is -1.73. The molecule has 1 aromatic heterocycles. The van der Waals surface area contributed by atoms with Crippen LogP contribution in [0.5, 0.6) is 11.6 Å². The molecule has 0 aliphatic heterocycles. The Kier molecular flexibility index (Phi) is 3.17. The van der Waals surface area contributed by atoms with E-state index in [-0.39, 0.29) is 17.4 Å². The van der Waals surface area contributed by atoms with Gasteiger partial charge in [0.2, 0.25) is 5.75 Å². The van der Waals surface area contributed by atoms with Crippen molar-refractivity contribution in [1.29, 1.82) is 0 Å². The first kappa shape index (κ1) is 11.3. The number of nitrogens with zero attached hydrogens (tertiary/aromatic N) is 2. The predicted octanol–water partition coefficient (Wildman–Crippen LogP) is 1.01. The molecule has 0 aliphatic rings. The molecule has 1 heterocycles. The van der Waals surface area contributed by atoms with Gasteiger partial charge in [-0.3, -0.25) is 0 Å². The fourth-order valence-electron chi connectivity index (χ4n) is 0.815. The summed E-state index contributed by atoms with van der Waals surface area (Å²) in [7, 11) is 1.23. The van der Waals surface area contributed by atoms with Gasteiger partial charge in [-0.15, -0.1) is 0 Å². The molecule has 84 valence electrons. The standard InChI is InChI=1S/C7H8F3N3O2/c1-14-4-5(11)12-3-13-6(4)15-2-7(8,9)10/h3H,2H2,1H3,(H2,11,12,13). The number of halogens is 3. The van der Waals surface area contributed by atoms with Crippen LogP contribution in [0.3, 0.4) is 0 Å². The first-order valence-corrected chi connectivity index (χ1v) is 3.78. The predicted molar refractivity (Wildman–Crippen MR) is 44.5 cm³/mol. The number of nitrogens with two attached hydrogens (primary N) is 1. The van der Waals surface area contributed by atoms with Crippen molar-refractivity contribution < 1.29 is 22.6 Å². The van der Waals surface area contributed by atoms with E-state index < -0.39 is 12.8 Å². The molecule has 0 atom stereocenters. The molecule has 1 aromatic rings. The van der Waals surface area contributed by atoms with E-state index in [1.807, 2.05) is 0 Å². The minimum atomic E-state index is -4.44. The van der Waals surface area contributed by atoms with Gasteiger partial charge in [-0.2, -0.15) is 18.2 Å². The van der Waals surface area contributed by atoms with E-state index in [9.17, 15) is 13.2 Å². The average Bonchev–Trinajstić information content (AvgIpc) is 2.13. The molecule has 0 saturated heterocycles. The number of ether oxygens (including phenoxy) is 2. The Balaban J connectivity index is 2.81. The topological polar surface area (TPSA) is 70.3 Å². The molecule has 0 radical (unpaired) electrons. The molecule has 15 heavy (non-hydrogen) atoms. The lowest BCUT2D eigenvalue weighted by Crippen LogP contribution is -2.20. The minimum absolute atomic E-state index is 0.0790. The van der Waals surface area contributed by atoms with Gasteiger partial charge in [-0.05, 0) is 0 Å². The third kappa shape index (κ3) is 3.15. The molecule has 5 nitrogen and oxygen atoms in total. The van der Waals surface area contributed by atoms with Crippen LogP contribution in [0.2, 0.25) is 0 Å². The van der Waals surface area contributed by atoms with Gasteiger partial charge in [0.25, 0.3) is 5.88 Å². The number of hydrogen-bond donors (Lipinski definition) is 1. The molecule has 0 spiro atoms. The Morgan fingerprint density at radius 2 is 2.07 bits per heavy atom. The summed E-state index contributed by atoms with van der Waals surface area (Å²) in [6.07, 6.45) is -3.45. The molecule has 0 unspecified atom stereocenters. The summed E-state index contributed by atoms with van der Waals surface area (Å²) in [6, 6.07) is 0. The van der Waals surface area contributed by atoms with Gasteiger partial charge in [-0.1, -0.05) is 0 Å². The maximum Gasteiger partial charge on any atom is 0.422 e. The summed E-state index contributed by atoms with van der Waals surface area (Å²) in [6.45, 7) is -1.46. The number of hydrogen-bond acceptors (Lipinski definition) is 5. The van der Waals surface area contributed by atoms with Gasteiger partial charge >= 0.3 is 6.18 Å². The van der Waals surface area contributed by atoms with E-state index in [0.29, 0.717) is 0 Å². The van der Waals surface area contributed by atoms with Crippen LogP contribution in [0, 0.1) is 0 Å². The number of aromatic nitrogens is 2. The van der Waals surface area contributed by atoms with Crippen molar-refractivity contribution in [3.63, 3.8) is 0 Å². The monoisotopic (exact) mass is 223 g/mol. The number of methoxy groups -OCH3 is 1. The molecule has 2 N–H and O–H groups in total. The highest BCUT2D eigenvalue weighted by Gasteiger charge is 2.29. The lowest BCUT2D eigenvalue weighted by atomic mass is 10.5. The number of alkyl halides is 3. The SMILES string of the molecule is COc1c(N)ncnc1OCC(F)(F)F. The van der Waals surface area contributed by atoms with Crippen LogP contribution in [0.25, 0.3) is 0 Å². The van der Waals surface area contributed by atoms with E-state index in [4.69, 9.17) is 10.5 Å². The van der Waals surface area contributed by atoms with E-state index in [1.165, 1.54) is 7.11 Å². The van der Waals surface area contributed by atoms with Crippen molar-refractivity contribution >= 4 is 5.82 Å². The lowest BCUT2D eigenvalue weighted by Gasteiger charge is -2.11. The van der Waals surface area contributed by atoms with Gasteiger partial charge in [0.15, 0.2) is 12.4 Å². The first-order valence-electron chi connectivity index (χ1n) is 3.78. The molecule has 0 saturated carbocycles. The minimum Gasteiger partial charge on any atom is -0.489 e. The van der Waals surface area contributed by atoms with Crippen LogP contribution >= 0.6 is 0 Å². The largest absolute Gasteiger partial charge is 0.489 e. The second kappa shape index (κ2) is 4.20. The highest BCUT2D eigenvalue weighted by Crippen LogP contribution is 2.29. The Bertz CT molecular complexity index is 343. The van der Waals surface area contributed by atoms with Crippen LogP contribution in [0.4, 0.5) is 19.0 Å². The molecule has 0 aromatic carbocycles. The maximum absolute atomic E-state index is 11.8. The highest BCUT2D eigenvalue weighted by atomic mass is 19.4. The quantitative estimate of drug-likeness (QED) is 0.827. The smallest absolute Gasteiger partial charge is 0.422 e. The van der Waals surface area contributed by atoms with E-state index in [1.54, 1.807) is 0 Å². The summed E-state index contributed by atoms with van der Waals surface area (Å²) >= 11 is 0. The number of nitrogen functional groups attached to an aromatic ring is 1. The van der Waals surface area contributed by atoms with Crippen LogP contribution in [0.1, 0.15) is 0 Å². The maximum atomic E-state index is 11.8. The van der Waals surface area contributed by atoms with Gasteiger partial charge in [0.05, 0.1) is 7.11 Å². The zero-order valence-corrected chi connectivity index (χ0v) is 7.71. The Labute approximate surface area is 83.0 Å². The molecular formula is C7H8F3N3O2. The van der Waals surface area contributed by atoms with Crippen LogP contribution in [-0.4, -0.2) is 29.9 Å². The zero-order chi connectivity index (χ0) is 11.5. The number of rotatable bonds is 3. The molecule has 0 amide bonds.